The highest BCUT2D eigenvalue weighted by atomic mass is 16.5. The molecule has 2 N–H and O–H groups in total. The maximum atomic E-state index is 13.1. The standard InChI is InChI=1S/C28H35N3O3/c1-19(9-10-21-7-5-4-6-8-21)29-27(32)20(2)22-13-15-31(16-14-22)28(33)26-17-23-11-12-24(34-3)18-25(23)30-26/h4-8,11-12,17-20,22,30H,9-10,13-16H2,1-3H3,(H,29,32)/t19-,20-/m0/s1. The highest BCUT2D eigenvalue weighted by Crippen LogP contribution is 2.27. The van der Waals surface area contributed by atoms with Crippen molar-refractivity contribution in [3.63, 3.8) is 0 Å². The van der Waals surface area contributed by atoms with Gasteiger partial charge < -0.3 is 19.9 Å². The number of methoxy groups -OCH3 is 1. The zero-order chi connectivity index (χ0) is 24.1. The van der Waals surface area contributed by atoms with Crippen LogP contribution in [0.1, 0.15) is 49.2 Å². The molecule has 34 heavy (non-hydrogen) atoms. The first kappa shape index (κ1) is 23.9. The molecule has 6 heteroatoms. The fourth-order valence-corrected chi connectivity index (χ4v) is 4.81. The maximum Gasteiger partial charge on any atom is 0.270 e. The van der Waals surface area contributed by atoms with Gasteiger partial charge in [0.05, 0.1) is 7.11 Å². The number of ether oxygens (including phenoxy) is 1. The van der Waals surface area contributed by atoms with Crippen LogP contribution in [0.15, 0.2) is 54.6 Å². The minimum Gasteiger partial charge on any atom is -0.497 e. The molecule has 1 saturated heterocycles. The molecule has 1 aromatic heterocycles. The molecule has 0 unspecified atom stereocenters. The summed E-state index contributed by atoms with van der Waals surface area (Å²) in [5.41, 5.74) is 2.78. The van der Waals surface area contributed by atoms with Gasteiger partial charge in [0.1, 0.15) is 11.4 Å². The normalized spacial score (nSPS) is 16.3. The number of fused-ring (bicyclic) bond motifs is 1. The van der Waals surface area contributed by atoms with E-state index in [1.807, 2.05) is 54.3 Å². The average Bonchev–Trinajstić information content (AvgIpc) is 3.30. The summed E-state index contributed by atoms with van der Waals surface area (Å²) < 4.78 is 5.27. The van der Waals surface area contributed by atoms with Crippen LogP contribution in [0, 0.1) is 11.8 Å². The lowest BCUT2D eigenvalue weighted by molar-refractivity contribution is -0.127. The first-order valence-corrected chi connectivity index (χ1v) is 12.2. The van der Waals surface area contributed by atoms with E-state index in [0.29, 0.717) is 18.8 Å². The third-order valence-corrected chi connectivity index (χ3v) is 7.11. The third kappa shape index (κ3) is 5.61. The number of hydrogen-bond donors (Lipinski definition) is 2. The molecule has 1 aliphatic heterocycles. The summed E-state index contributed by atoms with van der Waals surface area (Å²) in [6.45, 7) is 5.43. The molecular formula is C28H35N3O3. The van der Waals surface area contributed by atoms with Gasteiger partial charge in [0.2, 0.25) is 5.91 Å². The fourth-order valence-electron chi connectivity index (χ4n) is 4.81. The molecule has 0 aliphatic carbocycles. The third-order valence-electron chi connectivity index (χ3n) is 7.11. The molecule has 2 atom stereocenters. The number of hydrogen-bond acceptors (Lipinski definition) is 3. The molecule has 0 saturated carbocycles. The Morgan fingerprint density at radius 1 is 1.09 bits per heavy atom. The second kappa shape index (κ2) is 10.8. The summed E-state index contributed by atoms with van der Waals surface area (Å²) in [4.78, 5) is 31.0. The van der Waals surface area contributed by atoms with Crippen LogP contribution < -0.4 is 10.1 Å². The summed E-state index contributed by atoms with van der Waals surface area (Å²) in [6, 6.07) is 18.2. The van der Waals surface area contributed by atoms with Gasteiger partial charge in [-0.15, -0.1) is 0 Å². The minimum atomic E-state index is -0.0584. The maximum absolute atomic E-state index is 13.1. The zero-order valence-corrected chi connectivity index (χ0v) is 20.3. The van der Waals surface area contributed by atoms with Gasteiger partial charge in [-0.2, -0.15) is 0 Å². The Labute approximate surface area is 201 Å². The number of aromatic nitrogens is 1. The number of amides is 2. The number of piperidine rings is 1. The van der Waals surface area contributed by atoms with Gasteiger partial charge in [0.25, 0.3) is 5.91 Å². The van der Waals surface area contributed by atoms with Crippen LogP contribution in [0.25, 0.3) is 10.9 Å². The van der Waals surface area contributed by atoms with Crippen LogP contribution in [-0.4, -0.2) is 47.9 Å². The number of carbonyl (C=O) groups excluding carboxylic acids is 2. The topological polar surface area (TPSA) is 74.4 Å². The van der Waals surface area contributed by atoms with E-state index in [2.05, 4.69) is 29.4 Å². The highest BCUT2D eigenvalue weighted by molar-refractivity contribution is 5.98. The second-order valence-electron chi connectivity index (χ2n) is 9.49. The average molecular weight is 462 g/mol. The van der Waals surface area contributed by atoms with Crippen molar-refractivity contribution in [1.29, 1.82) is 0 Å². The molecule has 2 heterocycles. The van der Waals surface area contributed by atoms with Crippen LogP contribution in [0.3, 0.4) is 0 Å². The molecular weight excluding hydrogens is 426 g/mol. The first-order valence-electron chi connectivity index (χ1n) is 12.2. The van der Waals surface area contributed by atoms with Gasteiger partial charge in [-0.05, 0) is 62.3 Å². The SMILES string of the molecule is COc1ccc2cc(C(=O)N3CCC([C@H](C)C(=O)N[C@@H](C)CCc4ccccc4)CC3)[nH]c2c1. The van der Waals surface area contributed by atoms with Crippen LogP contribution in [0.4, 0.5) is 0 Å². The molecule has 3 aromatic rings. The Morgan fingerprint density at radius 2 is 1.82 bits per heavy atom. The number of aromatic amines is 1. The van der Waals surface area contributed by atoms with Crippen molar-refractivity contribution in [3.8, 4) is 5.75 Å². The van der Waals surface area contributed by atoms with Crippen molar-refractivity contribution < 1.29 is 14.3 Å². The Hall–Kier alpha value is -3.28. The van der Waals surface area contributed by atoms with E-state index in [-0.39, 0.29) is 29.7 Å². The Morgan fingerprint density at radius 3 is 2.53 bits per heavy atom. The number of carbonyl (C=O) groups is 2. The van der Waals surface area contributed by atoms with Crippen molar-refractivity contribution in [2.45, 2.75) is 45.6 Å². The summed E-state index contributed by atoms with van der Waals surface area (Å²) in [6.07, 6.45) is 3.56. The summed E-state index contributed by atoms with van der Waals surface area (Å²) in [7, 11) is 1.63. The molecule has 0 spiro atoms. The molecule has 4 rings (SSSR count). The van der Waals surface area contributed by atoms with Gasteiger partial charge in [0, 0.05) is 42.0 Å². The summed E-state index contributed by atoms with van der Waals surface area (Å²) in [5, 5.41) is 4.19. The van der Waals surface area contributed by atoms with Gasteiger partial charge in [-0.1, -0.05) is 37.3 Å². The van der Waals surface area contributed by atoms with Crippen molar-refractivity contribution in [1.82, 2.24) is 15.2 Å². The van der Waals surface area contributed by atoms with E-state index in [1.54, 1.807) is 7.11 Å². The van der Waals surface area contributed by atoms with E-state index in [9.17, 15) is 9.59 Å². The van der Waals surface area contributed by atoms with Crippen molar-refractivity contribution in [2.75, 3.05) is 20.2 Å². The smallest absolute Gasteiger partial charge is 0.270 e. The predicted octanol–water partition coefficient (Wildman–Crippen LogP) is 4.80. The van der Waals surface area contributed by atoms with Crippen molar-refractivity contribution in [3.05, 3.63) is 65.9 Å². The fraction of sp³-hybridized carbons (Fsp3) is 0.429. The van der Waals surface area contributed by atoms with E-state index < -0.39 is 0 Å². The number of aryl methyl sites for hydroxylation is 1. The summed E-state index contributed by atoms with van der Waals surface area (Å²) in [5.74, 6) is 1.13. The van der Waals surface area contributed by atoms with Crippen LogP contribution in [0.5, 0.6) is 5.75 Å². The van der Waals surface area contributed by atoms with E-state index in [0.717, 1.165) is 42.3 Å². The summed E-state index contributed by atoms with van der Waals surface area (Å²) >= 11 is 0. The zero-order valence-electron chi connectivity index (χ0n) is 20.3. The van der Waals surface area contributed by atoms with Gasteiger partial charge in [-0.3, -0.25) is 9.59 Å². The van der Waals surface area contributed by atoms with Gasteiger partial charge >= 0.3 is 0 Å². The van der Waals surface area contributed by atoms with Gasteiger partial charge in [-0.25, -0.2) is 0 Å². The molecule has 1 aliphatic rings. The second-order valence-corrected chi connectivity index (χ2v) is 9.49. The van der Waals surface area contributed by atoms with Crippen molar-refractivity contribution >= 4 is 22.7 Å². The lowest BCUT2D eigenvalue weighted by Crippen LogP contribution is -2.44. The Bertz CT molecular complexity index is 1120. The first-order chi connectivity index (χ1) is 16.4. The number of nitrogens with zero attached hydrogens (tertiary/aromatic N) is 1. The van der Waals surface area contributed by atoms with E-state index >= 15 is 0 Å². The van der Waals surface area contributed by atoms with E-state index in [4.69, 9.17) is 4.74 Å². The number of likely N-dealkylation sites (tertiary alicyclic amines) is 1. The van der Waals surface area contributed by atoms with Crippen molar-refractivity contribution in [2.24, 2.45) is 11.8 Å². The molecule has 0 bridgehead atoms. The number of rotatable bonds is 8. The monoisotopic (exact) mass is 461 g/mol. The minimum absolute atomic E-state index is 0.0141. The number of H-pyrrole nitrogens is 1. The largest absolute Gasteiger partial charge is 0.497 e. The predicted molar refractivity (Wildman–Crippen MR) is 135 cm³/mol. The number of nitrogens with one attached hydrogen (secondary N) is 2. The Kier molecular flexibility index (Phi) is 7.56. The molecule has 0 radical (unpaired) electrons. The highest BCUT2D eigenvalue weighted by Gasteiger charge is 2.31. The van der Waals surface area contributed by atoms with Crippen LogP contribution >= 0.6 is 0 Å². The Balaban J connectivity index is 1.26. The molecule has 6 nitrogen and oxygen atoms in total. The lowest BCUT2D eigenvalue weighted by Gasteiger charge is -2.34. The molecule has 180 valence electrons. The number of benzene rings is 2. The van der Waals surface area contributed by atoms with Crippen LogP contribution in [-0.2, 0) is 11.2 Å². The molecule has 1 fully saturated rings. The van der Waals surface area contributed by atoms with E-state index in [1.165, 1.54) is 5.56 Å². The molecule has 2 amide bonds. The van der Waals surface area contributed by atoms with Crippen LogP contribution in [0.2, 0.25) is 0 Å². The quantitative estimate of drug-likeness (QED) is 0.506. The molecule has 2 aromatic carbocycles. The lowest BCUT2D eigenvalue weighted by atomic mass is 9.84. The van der Waals surface area contributed by atoms with Gasteiger partial charge in [0.15, 0.2) is 0 Å².